The summed E-state index contributed by atoms with van der Waals surface area (Å²) in [7, 11) is -4.14. The van der Waals surface area contributed by atoms with Crippen LogP contribution in [0.5, 0.6) is 0 Å². The molecule has 4 rings (SSSR count). The summed E-state index contributed by atoms with van der Waals surface area (Å²) in [4.78, 5) is -0.358. The largest absolute Gasteiger partial charge is 0.416 e. The van der Waals surface area contributed by atoms with Crippen molar-refractivity contribution in [3.63, 3.8) is 0 Å². The Morgan fingerprint density at radius 1 is 0.893 bits per heavy atom. The van der Waals surface area contributed by atoms with Gasteiger partial charge >= 0.3 is 6.18 Å². The maximum absolute atomic E-state index is 13.3. The van der Waals surface area contributed by atoms with E-state index in [1.165, 1.54) is 10.4 Å². The normalized spacial score (nSPS) is 18.0. The SMILES string of the molecule is O=S(=O)(c1cccc(C(F)(F)F)c1)N1CCn2cccc2C1c1ccccc1. The van der Waals surface area contributed by atoms with Crippen molar-refractivity contribution in [2.24, 2.45) is 0 Å². The molecule has 1 aliphatic heterocycles. The first-order valence-electron chi connectivity index (χ1n) is 8.67. The van der Waals surface area contributed by atoms with E-state index in [0.717, 1.165) is 23.4 Å². The first-order valence-corrected chi connectivity index (χ1v) is 10.1. The molecule has 4 nitrogen and oxygen atoms in total. The average molecular weight is 406 g/mol. The first kappa shape index (κ1) is 18.8. The van der Waals surface area contributed by atoms with Crippen LogP contribution in [-0.4, -0.2) is 23.8 Å². The second-order valence-corrected chi connectivity index (χ2v) is 8.47. The number of sulfonamides is 1. The van der Waals surface area contributed by atoms with Gasteiger partial charge in [0, 0.05) is 25.0 Å². The van der Waals surface area contributed by atoms with Crippen LogP contribution < -0.4 is 0 Å². The Bertz CT molecular complexity index is 1090. The van der Waals surface area contributed by atoms with E-state index in [9.17, 15) is 21.6 Å². The second-order valence-electron chi connectivity index (χ2n) is 6.58. The van der Waals surface area contributed by atoms with Crippen LogP contribution >= 0.6 is 0 Å². The van der Waals surface area contributed by atoms with E-state index < -0.39 is 27.8 Å². The fourth-order valence-electron chi connectivity index (χ4n) is 3.56. The number of hydrogen-bond donors (Lipinski definition) is 0. The van der Waals surface area contributed by atoms with Gasteiger partial charge in [0.15, 0.2) is 0 Å². The van der Waals surface area contributed by atoms with Crippen molar-refractivity contribution in [1.29, 1.82) is 0 Å². The summed E-state index contributed by atoms with van der Waals surface area (Å²) in [5, 5.41) is 0. The number of halogens is 3. The van der Waals surface area contributed by atoms with Crippen molar-refractivity contribution >= 4 is 10.0 Å². The molecule has 0 saturated carbocycles. The Hall–Kier alpha value is -2.58. The maximum atomic E-state index is 13.3. The predicted molar refractivity (Wildman–Crippen MR) is 98.1 cm³/mol. The smallest absolute Gasteiger partial charge is 0.348 e. The minimum Gasteiger partial charge on any atom is -0.348 e. The van der Waals surface area contributed by atoms with Crippen LogP contribution in [0.4, 0.5) is 13.2 Å². The van der Waals surface area contributed by atoms with Crippen molar-refractivity contribution in [3.8, 4) is 0 Å². The Labute approximate surface area is 160 Å². The molecular formula is C20H17F3N2O2S. The quantitative estimate of drug-likeness (QED) is 0.651. The zero-order valence-electron chi connectivity index (χ0n) is 14.7. The minimum atomic E-state index is -4.61. The molecule has 2 heterocycles. The van der Waals surface area contributed by atoms with Crippen molar-refractivity contribution in [2.75, 3.05) is 6.54 Å². The van der Waals surface area contributed by atoms with Crippen molar-refractivity contribution < 1.29 is 21.6 Å². The molecule has 8 heteroatoms. The van der Waals surface area contributed by atoms with Crippen LogP contribution in [0.25, 0.3) is 0 Å². The van der Waals surface area contributed by atoms with Crippen LogP contribution in [0.2, 0.25) is 0 Å². The van der Waals surface area contributed by atoms with Crippen LogP contribution in [0.3, 0.4) is 0 Å². The van der Waals surface area contributed by atoms with Crippen LogP contribution in [0, 0.1) is 0 Å². The highest BCUT2D eigenvalue weighted by molar-refractivity contribution is 7.89. The summed E-state index contributed by atoms with van der Waals surface area (Å²) < 4.78 is 69.2. The van der Waals surface area contributed by atoms with E-state index in [-0.39, 0.29) is 11.4 Å². The topological polar surface area (TPSA) is 42.3 Å². The molecule has 28 heavy (non-hydrogen) atoms. The van der Waals surface area contributed by atoms with E-state index in [1.54, 1.807) is 0 Å². The van der Waals surface area contributed by atoms with Gasteiger partial charge in [0.1, 0.15) is 0 Å². The summed E-state index contributed by atoms with van der Waals surface area (Å²) in [5.41, 5.74) is 0.566. The van der Waals surface area contributed by atoms with Gasteiger partial charge in [-0.3, -0.25) is 0 Å². The predicted octanol–water partition coefficient (Wildman–Crippen LogP) is 4.30. The van der Waals surface area contributed by atoms with E-state index in [0.29, 0.717) is 12.6 Å². The molecule has 0 spiro atoms. The Balaban J connectivity index is 1.83. The van der Waals surface area contributed by atoms with Gasteiger partial charge in [-0.1, -0.05) is 36.4 Å². The Kier molecular flexibility index (Phi) is 4.55. The molecule has 0 aliphatic carbocycles. The number of fused-ring (bicyclic) bond motifs is 1. The minimum absolute atomic E-state index is 0.166. The maximum Gasteiger partial charge on any atom is 0.416 e. The highest BCUT2D eigenvalue weighted by Crippen LogP contribution is 2.37. The molecule has 3 aromatic rings. The zero-order chi connectivity index (χ0) is 19.9. The van der Waals surface area contributed by atoms with Gasteiger partial charge < -0.3 is 4.57 Å². The van der Waals surface area contributed by atoms with Gasteiger partial charge in [0.2, 0.25) is 10.0 Å². The summed E-state index contributed by atoms with van der Waals surface area (Å²) >= 11 is 0. The molecular weight excluding hydrogens is 389 g/mol. The Morgan fingerprint density at radius 3 is 2.36 bits per heavy atom. The molecule has 1 aromatic heterocycles. The van der Waals surface area contributed by atoms with Gasteiger partial charge in [0.05, 0.1) is 16.5 Å². The number of nitrogens with zero attached hydrogens (tertiary/aromatic N) is 2. The number of hydrogen-bond acceptors (Lipinski definition) is 2. The molecule has 1 unspecified atom stereocenters. The van der Waals surface area contributed by atoms with Gasteiger partial charge in [-0.05, 0) is 35.9 Å². The molecule has 0 bridgehead atoms. The molecule has 0 fully saturated rings. The molecule has 1 atom stereocenters. The van der Waals surface area contributed by atoms with Gasteiger partial charge in [-0.15, -0.1) is 0 Å². The lowest BCUT2D eigenvalue weighted by atomic mass is 10.0. The number of rotatable bonds is 3. The second kappa shape index (κ2) is 6.79. The summed E-state index contributed by atoms with van der Waals surface area (Å²) in [6.45, 7) is 0.601. The molecule has 1 aliphatic rings. The van der Waals surface area contributed by atoms with Crippen LogP contribution in [0.15, 0.2) is 77.8 Å². The fourth-order valence-corrected chi connectivity index (χ4v) is 5.19. The van der Waals surface area contributed by atoms with E-state index in [1.807, 2.05) is 53.2 Å². The third-order valence-electron chi connectivity index (χ3n) is 4.88. The lowest BCUT2D eigenvalue weighted by Gasteiger charge is -2.36. The van der Waals surface area contributed by atoms with Crippen LogP contribution in [-0.2, 0) is 22.7 Å². The average Bonchev–Trinajstić information content (AvgIpc) is 3.16. The summed E-state index contributed by atoms with van der Waals surface area (Å²) in [5.74, 6) is 0. The van der Waals surface area contributed by atoms with Gasteiger partial charge in [-0.2, -0.15) is 17.5 Å². The molecule has 0 saturated heterocycles. The van der Waals surface area contributed by atoms with E-state index >= 15 is 0 Å². The van der Waals surface area contributed by atoms with Gasteiger partial charge in [0.25, 0.3) is 0 Å². The molecule has 2 aromatic carbocycles. The van der Waals surface area contributed by atoms with Crippen LogP contribution in [0.1, 0.15) is 22.9 Å². The lowest BCUT2D eigenvalue weighted by Crippen LogP contribution is -2.42. The van der Waals surface area contributed by atoms with Crippen molar-refractivity contribution in [3.05, 3.63) is 89.7 Å². The van der Waals surface area contributed by atoms with Gasteiger partial charge in [-0.25, -0.2) is 8.42 Å². The Morgan fingerprint density at radius 2 is 1.64 bits per heavy atom. The number of benzene rings is 2. The third kappa shape index (κ3) is 3.22. The standard InChI is InChI=1S/C20H17F3N2O2S/c21-20(22,23)16-8-4-9-17(14-16)28(26,27)25-13-12-24-11-5-10-18(24)19(25)15-6-2-1-3-7-15/h1-11,14,19H,12-13H2. The fraction of sp³-hybridized carbons (Fsp3) is 0.200. The van der Waals surface area contributed by atoms with Crippen molar-refractivity contribution in [1.82, 2.24) is 8.87 Å². The van der Waals surface area contributed by atoms with E-state index in [4.69, 9.17) is 0 Å². The highest BCUT2D eigenvalue weighted by Gasteiger charge is 2.39. The molecule has 0 N–H and O–H groups in total. The number of aromatic nitrogens is 1. The van der Waals surface area contributed by atoms with E-state index in [2.05, 4.69) is 0 Å². The molecule has 146 valence electrons. The molecule has 0 amide bonds. The first-order chi connectivity index (χ1) is 13.3. The summed E-state index contributed by atoms with van der Waals surface area (Å²) in [6, 6.07) is 16.1. The zero-order valence-corrected chi connectivity index (χ0v) is 15.5. The lowest BCUT2D eigenvalue weighted by molar-refractivity contribution is -0.137. The monoisotopic (exact) mass is 406 g/mol. The highest BCUT2D eigenvalue weighted by atomic mass is 32.2. The summed E-state index contributed by atoms with van der Waals surface area (Å²) in [6.07, 6.45) is -2.74. The van der Waals surface area contributed by atoms with Crippen molar-refractivity contribution in [2.45, 2.75) is 23.7 Å². The third-order valence-corrected chi connectivity index (χ3v) is 6.74. The molecule has 0 radical (unpaired) electrons. The number of alkyl halides is 3.